The highest BCUT2D eigenvalue weighted by molar-refractivity contribution is 5.69. The van der Waals surface area contributed by atoms with Crippen LogP contribution in [0.2, 0.25) is 0 Å². The lowest BCUT2D eigenvalue weighted by molar-refractivity contribution is -0.146. The molecular formula is C15H21NO4. The Morgan fingerprint density at radius 2 is 1.95 bits per heavy atom. The van der Waals surface area contributed by atoms with E-state index in [2.05, 4.69) is 0 Å². The summed E-state index contributed by atoms with van der Waals surface area (Å²) in [5.74, 6) is 0.925. The van der Waals surface area contributed by atoms with E-state index >= 15 is 0 Å². The molecule has 0 unspecified atom stereocenters. The fourth-order valence-corrected chi connectivity index (χ4v) is 2.01. The number of carbonyl (C=O) groups excluding carboxylic acids is 1. The molecule has 0 spiro atoms. The van der Waals surface area contributed by atoms with E-state index < -0.39 is 0 Å². The first-order valence-corrected chi connectivity index (χ1v) is 6.96. The monoisotopic (exact) mass is 279 g/mol. The van der Waals surface area contributed by atoms with E-state index in [9.17, 15) is 4.79 Å². The van der Waals surface area contributed by atoms with Crippen molar-refractivity contribution in [2.45, 2.75) is 19.3 Å². The van der Waals surface area contributed by atoms with Crippen LogP contribution < -0.4 is 10.5 Å². The van der Waals surface area contributed by atoms with Gasteiger partial charge < -0.3 is 19.9 Å². The molecule has 5 nitrogen and oxygen atoms in total. The molecule has 0 amide bonds. The largest absolute Gasteiger partial charge is 0.493 e. The number of anilines is 1. The number of nitrogens with two attached hydrogens (primary N) is 1. The number of hydrogen-bond donors (Lipinski definition) is 1. The lowest BCUT2D eigenvalue weighted by Gasteiger charge is -2.21. The molecule has 1 aliphatic heterocycles. The number of carbonyl (C=O) groups is 1. The van der Waals surface area contributed by atoms with Crippen molar-refractivity contribution in [3.63, 3.8) is 0 Å². The second kappa shape index (κ2) is 7.75. The molecule has 1 aromatic carbocycles. The van der Waals surface area contributed by atoms with Gasteiger partial charge in [-0.3, -0.25) is 4.79 Å². The van der Waals surface area contributed by atoms with Gasteiger partial charge in [-0.05, 0) is 43.0 Å². The van der Waals surface area contributed by atoms with E-state index in [0.717, 1.165) is 26.1 Å². The second-order valence-electron chi connectivity index (χ2n) is 4.91. The molecular weight excluding hydrogens is 258 g/mol. The van der Waals surface area contributed by atoms with Crippen LogP contribution in [-0.4, -0.2) is 32.4 Å². The van der Waals surface area contributed by atoms with Crippen molar-refractivity contribution >= 4 is 11.7 Å². The van der Waals surface area contributed by atoms with E-state index in [0.29, 0.717) is 30.6 Å². The summed E-state index contributed by atoms with van der Waals surface area (Å²) in [7, 11) is 0. The third kappa shape index (κ3) is 5.09. The summed E-state index contributed by atoms with van der Waals surface area (Å²) in [4.78, 5) is 11.6. The maximum absolute atomic E-state index is 11.6. The first-order valence-electron chi connectivity index (χ1n) is 6.96. The molecule has 0 aromatic heterocycles. The standard InChI is InChI=1S/C15H21NO4/c16-13-1-3-14(4-2-13)19-10-7-15(17)20-11-12-5-8-18-9-6-12/h1-4,12H,5-11,16H2. The number of rotatable bonds is 6. The summed E-state index contributed by atoms with van der Waals surface area (Å²) in [6, 6.07) is 7.09. The summed E-state index contributed by atoms with van der Waals surface area (Å²) in [6.07, 6.45) is 2.19. The zero-order valence-corrected chi connectivity index (χ0v) is 11.5. The van der Waals surface area contributed by atoms with Crippen LogP contribution in [0, 0.1) is 5.92 Å². The number of hydrogen-bond acceptors (Lipinski definition) is 5. The highest BCUT2D eigenvalue weighted by Gasteiger charge is 2.15. The molecule has 1 heterocycles. The van der Waals surface area contributed by atoms with E-state index in [1.54, 1.807) is 24.3 Å². The molecule has 0 bridgehead atoms. The minimum absolute atomic E-state index is 0.216. The van der Waals surface area contributed by atoms with Crippen LogP contribution >= 0.6 is 0 Å². The van der Waals surface area contributed by atoms with E-state index in [-0.39, 0.29) is 12.4 Å². The first kappa shape index (κ1) is 14.7. The maximum Gasteiger partial charge on any atom is 0.309 e. The highest BCUT2D eigenvalue weighted by atomic mass is 16.5. The Bertz CT molecular complexity index is 412. The maximum atomic E-state index is 11.6. The van der Waals surface area contributed by atoms with Crippen LogP contribution in [0.1, 0.15) is 19.3 Å². The molecule has 2 N–H and O–H groups in total. The molecule has 110 valence electrons. The third-order valence-corrected chi connectivity index (χ3v) is 3.28. The molecule has 2 rings (SSSR count). The zero-order valence-electron chi connectivity index (χ0n) is 11.5. The molecule has 1 aromatic rings. The van der Waals surface area contributed by atoms with E-state index in [4.69, 9.17) is 19.9 Å². The average Bonchev–Trinajstić information content (AvgIpc) is 2.48. The number of benzene rings is 1. The van der Waals surface area contributed by atoms with Gasteiger partial charge >= 0.3 is 5.97 Å². The van der Waals surface area contributed by atoms with Gasteiger partial charge in [0.1, 0.15) is 5.75 Å². The van der Waals surface area contributed by atoms with Gasteiger partial charge in [0.25, 0.3) is 0 Å². The quantitative estimate of drug-likeness (QED) is 0.637. The first-order chi connectivity index (χ1) is 9.74. The molecule has 20 heavy (non-hydrogen) atoms. The fraction of sp³-hybridized carbons (Fsp3) is 0.533. The lowest BCUT2D eigenvalue weighted by Crippen LogP contribution is -2.22. The summed E-state index contributed by atoms with van der Waals surface area (Å²) in [6.45, 7) is 2.34. The average molecular weight is 279 g/mol. The van der Waals surface area contributed by atoms with Gasteiger partial charge in [-0.2, -0.15) is 0 Å². The number of nitrogen functional groups attached to an aromatic ring is 1. The van der Waals surface area contributed by atoms with Crippen molar-refractivity contribution in [2.75, 3.05) is 32.2 Å². The van der Waals surface area contributed by atoms with E-state index in [1.807, 2.05) is 0 Å². The Morgan fingerprint density at radius 3 is 2.65 bits per heavy atom. The normalized spacial score (nSPS) is 15.8. The number of esters is 1. The van der Waals surface area contributed by atoms with Crippen molar-refractivity contribution < 1.29 is 19.0 Å². The fourth-order valence-electron chi connectivity index (χ4n) is 2.01. The lowest BCUT2D eigenvalue weighted by atomic mass is 10.0. The minimum atomic E-state index is -0.216. The minimum Gasteiger partial charge on any atom is -0.493 e. The van der Waals surface area contributed by atoms with Gasteiger partial charge in [-0.15, -0.1) is 0 Å². The van der Waals surface area contributed by atoms with Crippen molar-refractivity contribution in [3.05, 3.63) is 24.3 Å². The SMILES string of the molecule is Nc1ccc(OCCC(=O)OCC2CCOCC2)cc1. The van der Waals surface area contributed by atoms with E-state index in [1.165, 1.54) is 0 Å². The zero-order chi connectivity index (χ0) is 14.2. The van der Waals surface area contributed by atoms with Gasteiger partial charge in [0.15, 0.2) is 0 Å². The van der Waals surface area contributed by atoms with Crippen LogP contribution in [0.3, 0.4) is 0 Å². The summed E-state index contributed by atoms with van der Waals surface area (Å²) in [5, 5.41) is 0. The summed E-state index contributed by atoms with van der Waals surface area (Å²) >= 11 is 0. The number of ether oxygens (including phenoxy) is 3. The Balaban J connectivity index is 1.58. The Hall–Kier alpha value is -1.75. The molecule has 0 aliphatic carbocycles. The Kier molecular flexibility index (Phi) is 5.68. The third-order valence-electron chi connectivity index (χ3n) is 3.28. The molecule has 1 aliphatic rings. The summed E-state index contributed by atoms with van der Waals surface area (Å²) in [5.41, 5.74) is 6.26. The Morgan fingerprint density at radius 1 is 1.25 bits per heavy atom. The van der Waals surface area contributed by atoms with Gasteiger partial charge in [-0.25, -0.2) is 0 Å². The molecule has 1 fully saturated rings. The van der Waals surface area contributed by atoms with Gasteiger partial charge in [-0.1, -0.05) is 0 Å². The second-order valence-corrected chi connectivity index (χ2v) is 4.91. The topological polar surface area (TPSA) is 70.8 Å². The van der Waals surface area contributed by atoms with Crippen LogP contribution in [0.15, 0.2) is 24.3 Å². The highest BCUT2D eigenvalue weighted by Crippen LogP contribution is 2.15. The summed E-state index contributed by atoms with van der Waals surface area (Å²) < 4.78 is 16.0. The molecule has 5 heteroatoms. The van der Waals surface area contributed by atoms with Crippen molar-refractivity contribution in [2.24, 2.45) is 5.92 Å². The van der Waals surface area contributed by atoms with Gasteiger partial charge in [0.2, 0.25) is 0 Å². The van der Waals surface area contributed by atoms with Crippen LogP contribution in [-0.2, 0) is 14.3 Å². The predicted octanol–water partition coefficient (Wildman–Crippen LogP) is 2.01. The van der Waals surface area contributed by atoms with Crippen molar-refractivity contribution in [3.8, 4) is 5.75 Å². The van der Waals surface area contributed by atoms with Crippen LogP contribution in [0.25, 0.3) is 0 Å². The van der Waals surface area contributed by atoms with Gasteiger partial charge in [0, 0.05) is 18.9 Å². The molecule has 0 radical (unpaired) electrons. The molecule has 1 saturated heterocycles. The molecule has 0 saturated carbocycles. The predicted molar refractivity (Wildman–Crippen MR) is 75.5 cm³/mol. The van der Waals surface area contributed by atoms with Crippen LogP contribution in [0.4, 0.5) is 5.69 Å². The Labute approximate surface area is 119 Å². The molecule has 0 atom stereocenters. The van der Waals surface area contributed by atoms with Crippen molar-refractivity contribution in [1.82, 2.24) is 0 Å². The van der Waals surface area contributed by atoms with Crippen LogP contribution in [0.5, 0.6) is 5.75 Å². The van der Waals surface area contributed by atoms with Gasteiger partial charge in [0.05, 0.1) is 19.6 Å². The van der Waals surface area contributed by atoms with Crippen molar-refractivity contribution in [1.29, 1.82) is 0 Å². The smallest absolute Gasteiger partial charge is 0.309 e.